The van der Waals surface area contributed by atoms with Crippen LogP contribution in [0.3, 0.4) is 0 Å². The van der Waals surface area contributed by atoms with Gasteiger partial charge in [0.2, 0.25) is 17.7 Å². The van der Waals surface area contributed by atoms with Crippen molar-refractivity contribution >= 4 is 46.6 Å². The number of nitrogens with zero attached hydrogens (tertiary/aromatic N) is 4. The molecule has 3 fully saturated rings. The highest BCUT2D eigenvalue weighted by Gasteiger charge is 2.64. The van der Waals surface area contributed by atoms with Crippen molar-refractivity contribution in [3.8, 4) is 28.0 Å². The Labute approximate surface area is 439 Å². The number of amides is 4. The van der Waals surface area contributed by atoms with Crippen LogP contribution >= 0.6 is 22.9 Å². The third kappa shape index (κ3) is 13.4. The number of thiazole rings is 1. The lowest BCUT2D eigenvalue weighted by atomic mass is 9.49. The molecule has 4 amide bonds. The molecule has 4 atom stereocenters. The van der Waals surface area contributed by atoms with E-state index in [1.54, 1.807) is 53.8 Å². The lowest BCUT2D eigenvalue weighted by Crippen LogP contribution is -2.74. The molecule has 0 spiro atoms. The molecule has 1 saturated carbocycles. The lowest BCUT2D eigenvalue weighted by molar-refractivity contribution is -0.164. The summed E-state index contributed by atoms with van der Waals surface area (Å²) in [6, 6.07) is 20.0. The summed E-state index contributed by atoms with van der Waals surface area (Å²) in [5.74, 6) is -0.177. The summed E-state index contributed by atoms with van der Waals surface area (Å²) < 4.78 is 18.0. The maximum Gasteiger partial charge on any atom is 0.251 e. The number of unbranched alkanes of at least 4 members (excludes halogenated alkanes) is 2. The largest absolute Gasteiger partial charge is 0.494 e. The number of aryl methyl sites for hydroxylation is 1. The van der Waals surface area contributed by atoms with Crippen LogP contribution < -0.4 is 25.4 Å². The van der Waals surface area contributed by atoms with Crippen molar-refractivity contribution < 1.29 is 38.5 Å². The number of nitriles is 1. The summed E-state index contributed by atoms with van der Waals surface area (Å²) in [6.07, 6.45) is 3.43. The van der Waals surface area contributed by atoms with Gasteiger partial charge in [-0.25, -0.2) is 4.98 Å². The molecule has 1 aliphatic carbocycles. The normalized spacial score (nSPS) is 21.1. The first kappa shape index (κ1) is 55.2. The van der Waals surface area contributed by atoms with E-state index in [-0.39, 0.29) is 49.6 Å². The molecule has 17 heteroatoms. The number of carbonyl (C=O) groups excluding carboxylic acids is 4. The van der Waals surface area contributed by atoms with E-state index in [0.717, 1.165) is 60.5 Å². The monoisotopic (exact) mass is 1040 g/mol. The maximum atomic E-state index is 14.3. The van der Waals surface area contributed by atoms with Gasteiger partial charge in [-0.2, -0.15) is 5.26 Å². The molecule has 15 nitrogen and oxygen atoms in total. The number of hydrogen-bond acceptors (Lipinski definition) is 12. The van der Waals surface area contributed by atoms with Crippen LogP contribution in [0.4, 0.5) is 0 Å². The van der Waals surface area contributed by atoms with E-state index in [4.69, 9.17) is 25.8 Å². The molecule has 1 aromatic heterocycles. The van der Waals surface area contributed by atoms with Gasteiger partial charge in [0.25, 0.3) is 5.91 Å². The number of aliphatic hydroxyl groups is 1. The minimum absolute atomic E-state index is 0.0162. The van der Waals surface area contributed by atoms with Crippen molar-refractivity contribution in [2.75, 3.05) is 46.0 Å². The number of rotatable bonds is 21. The van der Waals surface area contributed by atoms with Crippen LogP contribution in [-0.4, -0.2) is 120 Å². The maximum absolute atomic E-state index is 14.3. The first-order chi connectivity index (χ1) is 34.7. The summed E-state index contributed by atoms with van der Waals surface area (Å²) in [7, 11) is 0. The van der Waals surface area contributed by atoms with Gasteiger partial charge in [0.15, 0.2) is 0 Å². The average Bonchev–Trinajstić information content (AvgIpc) is 4.13. The number of β-amino-alcohol motifs (C(OH)–C–C–N with tert-alkyl or cyclic N) is 1. The molecular formula is C56H72ClN7O8S. The zero-order chi connectivity index (χ0) is 52.7. The van der Waals surface area contributed by atoms with Crippen LogP contribution in [-0.2, 0) is 19.1 Å². The second-order valence-electron chi connectivity index (χ2n) is 22.0. The Morgan fingerprint density at radius 3 is 2.23 bits per heavy atom. The fourth-order valence-corrected chi connectivity index (χ4v) is 11.9. The number of ether oxygens (including phenoxy) is 3. The quantitative estimate of drug-likeness (QED) is 0.0587. The summed E-state index contributed by atoms with van der Waals surface area (Å²) >= 11 is 7.84. The second kappa shape index (κ2) is 23.7. The molecule has 1 unspecified atom stereocenters. The predicted octanol–water partition coefficient (Wildman–Crippen LogP) is 8.27. The van der Waals surface area contributed by atoms with Crippen molar-refractivity contribution in [3.05, 3.63) is 99.6 Å². The molecule has 73 heavy (non-hydrogen) atoms. The highest BCUT2D eigenvalue weighted by atomic mass is 35.5. The van der Waals surface area contributed by atoms with Crippen molar-refractivity contribution in [1.29, 1.82) is 5.26 Å². The Morgan fingerprint density at radius 2 is 1.60 bits per heavy atom. The van der Waals surface area contributed by atoms with Crippen LogP contribution in [0.5, 0.6) is 11.5 Å². The van der Waals surface area contributed by atoms with E-state index in [9.17, 15) is 29.5 Å². The third-order valence-electron chi connectivity index (χ3n) is 14.5. The number of likely N-dealkylation sites (tertiary alicyclic amines) is 2. The Morgan fingerprint density at radius 1 is 0.932 bits per heavy atom. The second-order valence-corrected chi connectivity index (χ2v) is 23.3. The van der Waals surface area contributed by atoms with Crippen LogP contribution in [0.25, 0.3) is 10.4 Å². The molecule has 2 aliphatic heterocycles. The molecule has 4 N–H and O–H groups in total. The number of halogens is 1. The van der Waals surface area contributed by atoms with Crippen LogP contribution in [0.15, 0.2) is 72.2 Å². The van der Waals surface area contributed by atoms with Gasteiger partial charge in [-0.05, 0) is 105 Å². The van der Waals surface area contributed by atoms with Crippen molar-refractivity contribution in [3.63, 3.8) is 0 Å². The predicted molar refractivity (Wildman–Crippen MR) is 282 cm³/mol. The average molecular weight is 1040 g/mol. The van der Waals surface area contributed by atoms with Gasteiger partial charge in [-0.1, -0.05) is 84.3 Å². The van der Waals surface area contributed by atoms with Gasteiger partial charge >= 0.3 is 0 Å². The fraction of sp³-hybridized carbons (Fsp3) is 0.536. The van der Waals surface area contributed by atoms with E-state index in [1.807, 2.05) is 45.3 Å². The lowest BCUT2D eigenvalue weighted by Gasteiger charge is -2.63. The number of hydrogen-bond donors (Lipinski definition) is 4. The van der Waals surface area contributed by atoms with Crippen LogP contribution in [0.1, 0.15) is 120 Å². The number of nitrogens with one attached hydrogen (secondary N) is 3. The van der Waals surface area contributed by atoms with Crippen LogP contribution in [0.2, 0.25) is 5.02 Å². The molecule has 2 saturated heterocycles. The van der Waals surface area contributed by atoms with Gasteiger partial charge in [-0.15, -0.1) is 11.3 Å². The fourth-order valence-electron chi connectivity index (χ4n) is 10.8. The zero-order valence-electron chi connectivity index (χ0n) is 43.5. The summed E-state index contributed by atoms with van der Waals surface area (Å²) in [5, 5.41) is 29.7. The number of aromatic nitrogens is 1. The molecule has 392 valence electrons. The minimum Gasteiger partial charge on any atom is -0.494 e. The van der Waals surface area contributed by atoms with Crippen LogP contribution in [0, 0.1) is 34.5 Å². The molecule has 3 heterocycles. The van der Waals surface area contributed by atoms with E-state index in [2.05, 4.69) is 71.7 Å². The van der Waals surface area contributed by atoms with Gasteiger partial charge in [0, 0.05) is 54.6 Å². The highest BCUT2D eigenvalue weighted by Crippen LogP contribution is 2.55. The van der Waals surface area contributed by atoms with Gasteiger partial charge in [-0.3, -0.25) is 19.2 Å². The molecular weight excluding hydrogens is 966 g/mol. The highest BCUT2D eigenvalue weighted by molar-refractivity contribution is 7.13. The third-order valence-corrected chi connectivity index (χ3v) is 15.8. The van der Waals surface area contributed by atoms with E-state index in [1.165, 1.54) is 4.90 Å². The number of benzene rings is 3. The van der Waals surface area contributed by atoms with Gasteiger partial charge < -0.3 is 45.1 Å². The zero-order valence-corrected chi connectivity index (χ0v) is 45.0. The molecule has 0 radical (unpaired) electrons. The Kier molecular flexibility index (Phi) is 18.0. The Balaban J connectivity index is 0.827. The molecule has 0 bridgehead atoms. The molecule has 3 aromatic carbocycles. The molecule has 7 rings (SSSR count). The smallest absolute Gasteiger partial charge is 0.251 e. The van der Waals surface area contributed by atoms with Crippen molar-refractivity contribution in [2.45, 2.75) is 130 Å². The van der Waals surface area contributed by atoms with Gasteiger partial charge in [0.05, 0.1) is 45.4 Å². The summed E-state index contributed by atoms with van der Waals surface area (Å²) in [6.45, 7) is 18.9. The number of aliphatic hydroxyl groups excluding tert-OH is 1. The summed E-state index contributed by atoms with van der Waals surface area (Å²) in [4.78, 5) is 64.4. The van der Waals surface area contributed by atoms with Gasteiger partial charge in [0.1, 0.15) is 42.4 Å². The van der Waals surface area contributed by atoms with E-state index < -0.39 is 46.2 Å². The SMILES string of the molecule is Cc1ncsc1-c1ccc([C@H](CN2CCCC2)NC(=O)[C@@H]2C[C@@H](O)CN2C(=O)C(NC(=O)COCCCCCOc2ccc(C(=O)NC3C(C)(C)C(Oc4ccc(C#N)c(Cl)c4)C3(C)C)cc2)C(C)(C)C)cc1. The Bertz CT molecular complexity index is 2590. The molecule has 3 aliphatic rings. The standard InChI is InChI=1S/C56H72ClN7O8S/c1-35-47(73-34-59-35)37-16-14-36(15-17-37)44(32-63-24-10-11-25-63)60-50(68)45-28-40(65)31-64(45)51(69)48(54(2,3)4)61-46(66)33-70-26-12-9-13-27-71-41-21-18-38(19-22-41)49(67)62-52-55(5,6)53(56(52,7)8)72-42-23-20-39(30-58)43(57)29-42/h14-23,29,34,40,44-45,48,52-53,65H,9-13,24-28,31-33H2,1-8H3,(H,60,68)(H,61,66)(H,62,67)/t40-,44+,45+,48?,52?,53?/m1/s1. The molecule has 4 aromatic rings. The van der Waals surface area contributed by atoms with E-state index >= 15 is 0 Å². The first-order valence-corrected chi connectivity index (χ1v) is 26.7. The number of carbonyl (C=O) groups is 4. The topological polar surface area (TPSA) is 195 Å². The van der Waals surface area contributed by atoms with E-state index in [0.29, 0.717) is 53.8 Å². The first-order valence-electron chi connectivity index (χ1n) is 25.5. The Hall–Kier alpha value is -5.57. The minimum atomic E-state index is -0.967. The summed E-state index contributed by atoms with van der Waals surface area (Å²) in [5.41, 5.74) is 4.23. The van der Waals surface area contributed by atoms with Crippen molar-refractivity contribution in [2.24, 2.45) is 16.2 Å². The van der Waals surface area contributed by atoms with Crippen molar-refractivity contribution in [1.82, 2.24) is 30.7 Å².